The molecule has 0 aliphatic carbocycles. The molecule has 1 aromatic rings. The van der Waals surface area contributed by atoms with Gasteiger partial charge in [0.2, 0.25) is 11.8 Å². The summed E-state index contributed by atoms with van der Waals surface area (Å²) in [6.45, 7) is -4.31. The summed E-state index contributed by atoms with van der Waals surface area (Å²) in [5.74, 6) is -8.16. The van der Waals surface area contributed by atoms with Crippen molar-refractivity contribution in [2.45, 2.75) is 104 Å². The van der Waals surface area contributed by atoms with E-state index in [1.54, 1.807) is 0 Å². The van der Waals surface area contributed by atoms with E-state index < -0.39 is 170 Å². The van der Waals surface area contributed by atoms with Crippen molar-refractivity contribution in [2.75, 3.05) is 32.1 Å². The van der Waals surface area contributed by atoms with Gasteiger partial charge in [-0.3, -0.25) is 23.2 Å². The van der Waals surface area contributed by atoms with Gasteiger partial charge >= 0.3 is 27.3 Å². The van der Waals surface area contributed by atoms with Crippen LogP contribution in [0.25, 0.3) is 0 Å². The summed E-state index contributed by atoms with van der Waals surface area (Å²) < 4.78 is 54.7. The summed E-state index contributed by atoms with van der Waals surface area (Å²) in [5.41, 5.74) is 4.42. The maximum Gasteiger partial charge on any atom is 0.475 e. The number of phosphoric ester groups is 2. The number of aliphatic hydroxyl groups excluding tert-OH is 9. The van der Waals surface area contributed by atoms with Crippen LogP contribution in [0.4, 0.5) is 5.82 Å². The average Bonchev–Trinajstić information content (AvgIpc) is 3.44. The van der Waals surface area contributed by atoms with E-state index in [1.807, 2.05) is 0 Å². The minimum absolute atomic E-state index is 0.188. The van der Waals surface area contributed by atoms with Gasteiger partial charge in [-0.1, -0.05) is 0 Å². The number of nitrogen functional groups attached to an aromatic ring is 1. The number of aliphatic hydroxyl groups is 9. The molecule has 2 amide bonds. The Labute approximate surface area is 335 Å². The molecule has 3 saturated heterocycles. The lowest BCUT2D eigenvalue weighted by molar-refractivity contribution is -0.289. The molecule has 3 aliphatic rings. The smallest absolute Gasteiger partial charge is 0.475 e. The second-order valence-corrected chi connectivity index (χ2v) is 16.3. The fraction of sp³-hybridized carbons (Fsp3) is 0.750. The van der Waals surface area contributed by atoms with Gasteiger partial charge in [0.15, 0.2) is 6.23 Å². The second-order valence-electron chi connectivity index (χ2n) is 13.6. The Kier molecular flexibility index (Phi) is 16.4. The van der Waals surface area contributed by atoms with Crippen molar-refractivity contribution in [3.05, 3.63) is 22.7 Å². The number of aromatic nitrogens is 2. The molecule has 1 aromatic heterocycles. The van der Waals surface area contributed by atoms with E-state index in [0.717, 1.165) is 16.8 Å². The maximum atomic E-state index is 13.1. The van der Waals surface area contributed by atoms with Gasteiger partial charge in [-0.2, -0.15) is 4.98 Å². The molecule has 0 saturated carbocycles. The van der Waals surface area contributed by atoms with Crippen molar-refractivity contribution in [1.29, 1.82) is 0 Å². The predicted octanol–water partition coefficient (Wildman–Crippen LogP) is -8.83. The lowest BCUT2D eigenvalue weighted by Crippen LogP contribution is -2.68. The van der Waals surface area contributed by atoms with Gasteiger partial charge in [-0.05, 0) is 6.07 Å². The third-order valence-corrected chi connectivity index (χ3v) is 10.8. The summed E-state index contributed by atoms with van der Waals surface area (Å²) in [6.07, 6.45) is -26.3. The van der Waals surface area contributed by atoms with Crippen LogP contribution in [-0.4, -0.2) is 205 Å². The number of hydrogen-bond donors (Lipinski definition) is 16. The van der Waals surface area contributed by atoms with Crippen LogP contribution in [0.15, 0.2) is 17.1 Å². The Morgan fingerprint density at radius 3 is 2.13 bits per heavy atom. The Morgan fingerprint density at radius 2 is 1.53 bits per heavy atom. The molecule has 11 unspecified atom stereocenters. The molecule has 16 atom stereocenters. The normalized spacial score (nSPS) is 35.5. The Hall–Kier alpha value is -3.17. The molecular formula is C28H45N5O25P2. The van der Waals surface area contributed by atoms with Crippen LogP contribution >= 0.6 is 15.6 Å². The summed E-state index contributed by atoms with van der Waals surface area (Å²) in [4.78, 5) is 82.1. The number of carbonyl (C=O) groups is 3. The minimum atomic E-state index is -5.73. The number of aliphatic carboxylic acids is 1. The maximum absolute atomic E-state index is 13.1. The number of nitrogens with zero attached hydrogens (tertiary/aromatic N) is 2. The molecule has 3 aliphatic heterocycles. The molecule has 342 valence electrons. The number of carboxylic acid groups (broad SMARTS) is 1. The van der Waals surface area contributed by atoms with Gasteiger partial charge in [0.25, 0.3) is 5.79 Å². The monoisotopic (exact) mass is 913 g/mol. The van der Waals surface area contributed by atoms with Crippen LogP contribution in [-0.2, 0) is 51.3 Å². The first-order valence-electron chi connectivity index (χ1n) is 17.4. The SMILES string of the molecule is Nc1ccn(C2OC(COP(=O)(O)OC3(C(=O)O)CC(O)C(NC(=O)CNC(=O)C[C@@H]4OC(COP(=O)(O)O)[C@H](O)[C@H](O)C4O)C([C@H](O)[C@H](O)CO)O3)C(O)C2O)c(=O)n1. The molecule has 4 rings (SSSR count). The lowest BCUT2D eigenvalue weighted by atomic mass is 9.88. The zero-order chi connectivity index (χ0) is 45.1. The lowest BCUT2D eigenvalue weighted by Gasteiger charge is -2.46. The summed E-state index contributed by atoms with van der Waals surface area (Å²) in [5, 5.41) is 107. The summed E-state index contributed by atoms with van der Waals surface area (Å²) in [6, 6.07) is -0.785. The molecule has 60 heavy (non-hydrogen) atoms. The molecule has 17 N–H and O–H groups in total. The number of nitrogens with two attached hydrogens (primary N) is 1. The Morgan fingerprint density at radius 1 is 0.933 bits per heavy atom. The standard InChI is InChI=1S/C28H45N5O25P2/c29-14-1-2-33(27(47)31-14)25-23(44)21(42)13(56-25)8-54-60(51,52)58-28(26(45)46)4-9(35)17(24(57-28)18(39)10(36)6-34)32-16(38)5-30-15(37)3-11-19(40)22(43)20(41)12(55-11)7-53-59(48,49)50/h1-2,9-13,17-25,34-36,39-44H,3-8H2,(H,30,37)(H,32,38)(H,45,46)(H,51,52)(H2,29,31,47)(H2,48,49,50)/t9?,10-,11+,12?,13?,17?,18-,19?,20+,21?,22-,23?,24?,25?,28?/m1/s1. The number of carboxylic acids is 1. The largest absolute Gasteiger partial charge is 0.477 e. The number of hydrogen-bond acceptors (Lipinski definition) is 23. The van der Waals surface area contributed by atoms with E-state index in [1.165, 1.54) is 0 Å². The summed E-state index contributed by atoms with van der Waals surface area (Å²) in [7, 11) is -10.8. The van der Waals surface area contributed by atoms with Crippen molar-refractivity contribution < 1.29 is 117 Å². The molecule has 0 aromatic carbocycles. The van der Waals surface area contributed by atoms with E-state index in [2.05, 4.69) is 20.1 Å². The van der Waals surface area contributed by atoms with Crippen LogP contribution in [0.1, 0.15) is 19.1 Å². The van der Waals surface area contributed by atoms with Gasteiger partial charge < -0.3 is 96.3 Å². The highest BCUT2D eigenvalue weighted by atomic mass is 31.2. The van der Waals surface area contributed by atoms with Crippen molar-refractivity contribution in [3.63, 3.8) is 0 Å². The molecule has 0 spiro atoms. The van der Waals surface area contributed by atoms with Crippen LogP contribution in [0.5, 0.6) is 0 Å². The number of ether oxygens (including phenoxy) is 3. The van der Waals surface area contributed by atoms with Gasteiger partial charge in [0.05, 0.1) is 51.0 Å². The molecule has 0 radical (unpaired) electrons. The number of carbonyl (C=O) groups excluding carboxylic acids is 2. The van der Waals surface area contributed by atoms with E-state index in [-0.39, 0.29) is 5.82 Å². The van der Waals surface area contributed by atoms with Crippen LogP contribution in [0.3, 0.4) is 0 Å². The number of rotatable bonds is 18. The molecule has 4 heterocycles. The molecule has 0 bridgehead atoms. The summed E-state index contributed by atoms with van der Waals surface area (Å²) >= 11 is 0. The first-order valence-corrected chi connectivity index (χ1v) is 20.4. The van der Waals surface area contributed by atoms with Crippen molar-refractivity contribution in [3.8, 4) is 0 Å². The van der Waals surface area contributed by atoms with E-state index >= 15 is 0 Å². The number of phosphoric acid groups is 2. The number of amides is 2. The molecular weight excluding hydrogens is 868 g/mol. The highest BCUT2D eigenvalue weighted by Gasteiger charge is 2.59. The fourth-order valence-electron chi connectivity index (χ4n) is 6.26. The van der Waals surface area contributed by atoms with E-state index in [0.29, 0.717) is 0 Å². The van der Waals surface area contributed by atoms with Gasteiger partial charge in [-0.25, -0.2) is 23.2 Å². The van der Waals surface area contributed by atoms with Crippen LogP contribution < -0.4 is 22.1 Å². The van der Waals surface area contributed by atoms with E-state index in [4.69, 9.17) is 38.8 Å². The highest BCUT2D eigenvalue weighted by molar-refractivity contribution is 7.47. The molecule has 30 nitrogen and oxygen atoms in total. The minimum Gasteiger partial charge on any atom is -0.477 e. The van der Waals surface area contributed by atoms with Gasteiger partial charge in [0.1, 0.15) is 66.9 Å². The van der Waals surface area contributed by atoms with Crippen LogP contribution in [0.2, 0.25) is 0 Å². The second kappa shape index (κ2) is 19.9. The van der Waals surface area contributed by atoms with E-state index in [9.17, 15) is 84.3 Å². The zero-order valence-electron chi connectivity index (χ0n) is 30.6. The molecule has 3 fully saturated rings. The van der Waals surface area contributed by atoms with Gasteiger partial charge in [-0.15, -0.1) is 0 Å². The zero-order valence-corrected chi connectivity index (χ0v) is 32.3. The number of anilines is 1. The Balaban J connectivity index is 1.41. The van der Waals surface area contributed by atoms with Gasteiger partial charge in [0, 0.05) is 12.6 Å². The molecule has 32 heteroatoms. The van der Waals surface area contributed by atoms with Crippen molar-refractivity contribution in [2.24, 2.45) is 0 Å². The average molecular weight is 914 g/mol. The van der Waals surface area contributed by atoms with Crippen molar-refractivity contribution >= 4 is 39.2 Å². The predicted molar refractivity (Wildman–Crippen MR) is 185 cm³/mol. The highest BCUT2D eigenvalue weighted by Crippen LogP contribution is 2.51. The fourth-order valence-corrected chi connectivity index (χ4v) is 7.55. The first kappa shape index (κ1) is 49.5. The third kappa shape index (κ3) is 12.0. The number of nitrogens with one attached hydrogen (secondary N) is 2. The Bertz CT molecular complexity index is 1840. The first-order chi connectivity index (χ1) is 27.8. The van der Waals surface area contributed by atoms with Crippen LogP contribution in [0, 0.1) is 0 Å². The van der Waals surface area contributed by atoms with Crippen molar-refractivity contribution in [1.82, 2.24) is 20.2 Å². The quantitative estimate of drug-likeness (QED) is 0.0608. The topological polar surface area (TPSA) is 489 Å². The third-order valence-electron chi connectivity index (χ3n) is 9.32.